The molecule has 100 valence electrons. The highest BCUT2D eigenvalue weighted by molar-refractivity contribution is 6.29. The van der Waals surface area contributed by atoms with Gasteiger partial charge in [-0.2, -0.15) is 0 Å². The molecule has 0 aliphatic carbocycles. The average Bonchev–Trinajstić information content (AvgIpc) is 3.06. The first-order valence-corrected chi connectivity index (χ1v) is 6.14. The monoisotopic (exact) mass is 272 g/mol. The minimum absolute atomic E-state index is 0.111. The van der Waals surface area contributed by atoms with Crippen molar-refractivity contribution in [3.05, 3.63) is 23.3 Å². The molecular weight excluding hydrogens is 264 g/mol. The molecule has 7 nitrogen and oxygen atoms in total. The average molecular weight is 272 g/mol. The number of rotatable bonds is 1. The summed E-state index contributed by atoms with van der Waals surface area (Å²) in [7, 11) is 0. The highest BCUT2D eigenvalue weighted by Gasteiger charge is 2.47. The SMILES string of the molecule is O=C1CC[C@H](N2C(=O)c3c(c4ccc3o4)C2=O)C(=O)N1. The zero-order valence-corrected chi connectivity index (χ0v) is 10.1. The van der Waals surface area contributed by atoms with Crippen LogP contribution in [0, 0.1) is 0 Å². The van der Waals surface area contributed by atoms with Crippen molar-refractivity contribution in [2.24, 2.45) is 0 Å². The van der Waals surface area contributed by atoms with Gasteiger partial charge in [0.2, 0.25) is 11.8 Å². The summed E-state index contributed by atoms with van der Waals surface area (Å²) in [5.74, 6) is -2.07. The van der Waals surface area contributed by atoms with E-state index in [0.717, 1.165) is 4.90 Å². The summed E-state index contributed by atoms with van der Waals surface area (Å²) in [6.07, 6.45) is 0.266. The Labute approximate surface area is 111 Å². The molecular formula is C13H8N2O5. The van der Waals surface area contributed by atoms with Crippen LogP contribution < -0.4 is 5.32 Å². The number of nitrogens with zero attached hydrogens (tertiary/aromatic N) is 1. The van der Waals surface area contributed by atoms with Crippen molar-refractivity contribution in [3.63, 3.8) is 0 Å². The third-order valence-electron chi connectivity index (χ3n) is 3.74. The van der Waals surface area contributed by atoms with E-state index >= 15 is 0 Å². The molecule has 0 aromatic carbocycles. The number of furan rings is 2. The second-order valence-corrected chi connectivity index (χ2v) is 4.86. The van der Waals surface area contributed by atoms with Gasteiger partial charge in [-0.3, -0.25) is 29.4 Å². The van der Waals surface area contributed by atoms with Crippen LogP contribution in [0.2, 0.25) is 0 Å². The van der Waals surface area contributed by atoms with E-state index in [1.807, 2.05) is 0 Å². The fourth-order valence-corrected chi connectivity index (χ4v) is 2.82. The number of piperidine rings is 1. The Morgan fingerprint density at radius 3 is 2.20 bits per heavy atom. The molecule has 0 spiro atoms. The van der Waals surface area contributed by atoms with Crippen LogP contribution in [0.5, 0.6) is 0 Å². The molecule has 0 saturated carbocycles. The molecule has 4 heterocycles. The Bertz CT molecular complexity index is 745. The molecule has 2 aliphatic rings. The van der Waals surface area contributed by atoms with Gasteiger partial charge in [-0.1, -0.05) is 0 Å². The minimum atomic E-state index is -0.932. The molecule has 4 rings (SSSR count). The number of carbonyl (C=O) groups excluding carboxylic acids is 4. The predicted octanol–water partition coefficient (Wildman–Crippen LogP) is 0.272. The van der Waals surface area contributed by atoms with Crippen LogP contribution in [0.1, 0.15) is 33.6 Å². The van der Waals surface area contributed by atoms with Gasteiger partial charge in [0.1, 0.15) is 17.2 Å². The summed E-state index contributed by atoms with van der Waals surface area (Å²) >= 11 is 0. The fourth-order valence-electron chi connectivity index (χ4n) is 2.82. The standard InChI is InChI=1S/C13H8N2O5/c16-8-4-1-5(11(17)14-8)15-12(18)9-6-2-3-7(20-6)10(9)13(15)19/h2-3,5H,1,4H2,(H,14,16,17)/t5-/m0/s1. The lowest BCUT2D eigenvalue weighted by atomic mass is 10.0. The normalized spacial score (nSPS) is 22.8. The Balaban J connectivity index is 1.77. The first kappa shape index (κ1) is 11.2. The minimum Gasteiger partial charge on any atom is -0.456 e. The number of hydrogen-bond donors (Lipinski definition) is 1. The van der Waals surface area contributed by atoms with Crippen molar-refractivity contribution in [2.75, 3.05) is 0 Å². The van der Waals surface area contributed by atoms with E-state index in [0.29, 0.717) is 11.2 Å². The van der Waals surface area contributed by atoms with Gasteiger partial charge in [-0.25, -0.2) is 0 Å². The van der Waals surface area contributed by atoms with Gasteiger partial charge < -0.3 is 4.42 Å². The lowest BCUT2D eigenvalue weighted by Gasteiger charge is -2.27. The lowest BCUT2D eigenvalue weighted by Crippen LogP contribution is -2.54. The van der Waals surface area contributed by atoms with Gasteiger partial charge in [-0.05, 0) is 18.6 Å². The maximum absolute atomic E-state index is 12.3. The van der Waals surface area contributed by atoms with Crippen LogP contribution in [0.15, 0.2) is 16.5 Å². The summed E-state index contributed by atoms with van der Waals surface area (Å²) in [6.45, 7) is 0. The second-order valence-electron chi connectivity index (χ2n) is 4.86. The van der Waals surface area contributed by atoms with E-state index in [2.05, 4.69) is 5.32 Å². The van der Waals surface area contributed by atoms with E-state index in [4.69, 9.17) is 4.42 Å². The van der Waals surface area contributed by atoms with Gasteiger partial charge in [0.05, 0.1) is 11.1 Å². The molecule has 20 heavy (non-hydrogen) atoms. The third kappa shape index (κ3) is 1.19. The Hall–Kier alpha value is -2.70. The molecule has 1 saturated heterocycles. The summed E-state index contributed by atoms with van der Waals surface area (Å²) in [5, 5.41) is 2.15. The number of carbonyl (C=O) groups is 4. The highest BCUT2D eigenvalue weighted by atomic mass is 16.3. The van der Waals surface area contributed by atoms with E-state index in [1.54, 1.807) is 12.1 Å². The number of fused-ring (bicyclic) bond motifs is 5. The fraction of sp³-hybridized carbons (Fsp3) is 0.231. The second kappa shape index (κ2) is 3.44. The van der Waals surface area contributed by atoms with Crippen LogP contribution >= 0.6 is 0 Å². The van der Waals surface area contributed by atoms with Crippen molar-refractivity contribution < 1.29 is 23.6 Å². The quantitative estimate of drug-likeness (QED) is 0.752. The zero-order chi connectivity index (χ0) is 14.0. The molecule has 2 bridgehead atoms. The first-order chi connectivity index (χ1) is 9.58. The Kier molecular flexibility index (Phi) is 1.92. The smallest absolute Gasteiger partial charge is 0.266 e. The van der Waals surface area contributed by atoms with Gasteiger partial charge in [0.15, 0.2) is 0 Å². The maximum Gasteiger partial charge on any atom is 0.266 e. The number of hydrogen-bond acceptors (Lipinski definition) is 5. The summed E-state index contributed by atoms with van der Waals surface area (Å²) in [4.78, 5) is 48.6. The molecule has 4 amide bonds. The van der Waals surface area contributed by atoms with E-state index in [-0.39, 0.29) is 29.9 Å². The lowest BCUT2D eigenvalue weighted by molar-refractivity contribution is -0.136. The summed E-state index contributed by atoms with van der Waals surface area (Å²) in [6, 6.07) is 2.31. The van der Waals surface area contributed by atoms with Crippen LogP contribution in [0.3, 0.4) is 0 Å². The Morgan fingerprint density at radius 2 is 1.65 bits per heavy atom. The maximum atomic E-state index is 12.3. The van der Waals surface area contributed by atoms with Crippen molar-refractivity contribution >= 4 is 34.8 Å². The molecule has 0 unspecified atom stereocenters. The number of imide groups is 2. The van der Waals surface area contributed by atoms with Gasteiger partial charge in [-0.15, -0.1) is 0 Å². The van der Waals surface area contributed by atoms with Crippen LogP contribution in [0.4, 0.5) is 0 Å². The van der Waals surface area contributed by atoms with Crippen molar-refractivity contribution in [2.45, 2.75) is 18.9 Å². The predicted molar refractivity (Wildman–Crippen MR) is 64.1 cm³/mol. The topological polar surface area (TPSA) is 96.7 Å². The molecule has 2 aromatic heterocycles. The molecule has 1 N–H and O–H groups in total. The number of benzene rings is 1. The van der Waals surface area contributed by atoms with Gasteiger partial charge in [0.25, 0.3) is 11.8 Å². The molecule has 0 radical (unpaired) electrons. The van der Waals surface area contributed by atoms with Crippen LogP contribution in [0.25, 0.3) is 11.2 Å². The summed E-state index contributed by atoms with van der Waals surface area (Å²) in [5.41, 5.74) is 1.14. The zero-order valence-electron chi connectivity index (χ0n) is 10.1. The highest BCUT2D eigenvalue weighted by Crippen LogP contribution is 2.37. The van der Waals surface area contributed by atoms with E-state index in [1.165, 1.54) is 0 Å². The third-order valence-corrected chi connectivity index (χ3v) is 3.74. The van der Waals surface area contributed by atoms with Crippen molar-refractivity contribution in [1.82, 2.24) is 10.2 Å². The summed E-state index contributed by atoms with van der Waals surface area (Å²) < 4.78 is 5.28. The number of nitrogens with one attached hydrogen (secondary N) is 1. The molecule has 2 aliphatic heterocycles. The van der Waals surface area contributed by atoms with Gasteiger partial charge in [0, 0.05) is 6.42 Å². The number of amides is 4. The van der Waals surface area contributed by atoms with Crippen molar-refractivity contribution in [1.29, 1.82) is 0 Å². The Morgan fingerprint density at radius 1 is 1.05 bits per heavy atom. The molecule has 1 atom stereocenters. The van der Waals surface area contributed by atoms with E-state index in [9.17, 15) is 19.2 Å². The van der Waals surface area contributed by atoms with Crippen LogP contribution in [-0.2, 0) is 9.59 Å². The molecule has 2 aromatic rings. The largest absolute Gasteiger partial charge is 0.456 e. The van der Waals surface area contributed by atoms with Gasteiger partial charge >= 0.3 is 0 Å². The first-order valence-electron chi connectivity index (χ1n) is 6.14. The molecule has 7 heteroatoms. The van der Waals surface area contributed by atoms with Crippen molar-refractivity contribution in [3.8, 4) is 0 Å². The molecule has 1 fully saturated rings. The van der Waals surface area contributed by atoms with E-state index < -0.39 is 23.8 Å². The van der Waals surface area contributed by atoms with Crippen LogP contribution in [-0.4, -0.2) is 34.6 Å².